The average molecular weight is 250 g/mol. The Morgan fingerprint density at radius 3 is 2.39 bits per heavy atom. The minimum absolute atomic E-state index is 0.243. The molecule has 18 heavy (non-hydrogen) atoms. The van der Waals surface area contributed by atoms with Crippen LogP contribution in [0.5, 0.6) is 5.75 Å². The fraction of sp³-hybridized carbons (Fsp3) is 0.600. The SMILES string of the molecule is Cc1ccc(C(C)N(C)CCCN(C)C)c(O)c1. The average Bonchev–Trinajstić information content (AvgIpc) is 2.27. The van der Waals surface area contributed by atoms with E-state index in [1.807, 2.05) is 19.1 Å². The highest BCUT2D eigenvalue weighted by Gasteiger charge is 2.14. The van der Waals surface area contributed by atoms with E-state index < -0.39 is 0 Å². The van der Waals surface area contributed by atoms with Crippen molar-refractivity contribution in [1.29, 1.82) is 0 Å². The third-order valence-electron chi connectivity index (χ3n) is 3.41. The van der Waals surface area contributed by atoms with Crippen molar-refractivity contribution in [3.05, 3.63) is 29.3 Å². The lowest BCUT2D eigenvalue weighted by Crippen LogP contribution is -2.26. The van der Waals surface area contributed by atoms with Gasteiger partial charge in [0.05, 0.1) is 0 Å². The van der Waals surface area contributed by atoms with Crippen LogP contribution in [-0.2, 0) is 0 Å². The number of hydrogen-bond acceptors (Lipinski definition) is 3. The molecule has 3 nitrogen and oxygen atoms in total. The Morgan fingerprint density at radius 1 is 1.17 bits per heavy atom. The van der Waals surface area contributed by atoms with Crippen LogP contribution >= 0.6 is 0 Å². The lowest BCUT2D eigenvalue weighted by Gasteiger charge is -2.26. The Hall–Kier alpha value is -1.06. The van der Waals surface area contributed by atoms with Gasteiger partial charge in [-0.05, 0) is 66.1 Å². The molecule has 0 saturated carbocycles. The highest BCUT2D eigenvalue weighted by Crippen LogP contribution is 2.28. The Bertz CT molecular complexity index is 377. The number of nitrogens with zero attached hydrogens (tertiary/aromatic N) is 2. The molecule has 0 aromatic heterocycles. The van der Waals surface area contributed by atoms with Crippen molar-refractivity contribution >= 4 is 0 Å². The van der Waals surface area contributed by atoms with Gasteiger partial charge in [-0.1, -0.05) is 12.1 Å². The van der Waals surface area contributed by atoms with Gasteiger partial charge < -0.3 is 10.0 Å². The van der Waals surface area contributed by atoms with E-state index in [0.29, 0.717) is 5.75 Å². The number of phenols is 1. The molecule has 0 fully saturated rings. The van der Waals surface area contributed by atoms with Gasteiger partial charge in [-0.3, -0.25) is 4.90 Å². The van der Waals surface area contributed by atoms with Gasteiger partial charge in [-0.2, -0.15) is 0 Å². The summed E-state index contributed by atoms with van der Waals surface area (Å²) in [4.78, 5) is 4.48. The van der Waals surface area contributed by atoms with Gasteiger partial charge in [-0.25, -0.2) is 0 Å². The third kappa shape index (κ3) is 4.31. The monoisotopic (exact) mass is 250 g/mol. The van der Waals surface area contributed by atoms with Gasteiger partial charge in [0.15, 0.2) is 0 Å². The molecule has 1 aromatic rings. The van der Waals surface area contributed by atoms with E-state index in [-0.39, 0.29) is 6.04 Å². The lowest BCUT2D eigenvalue weighted by atomic mass is 10.0. The number of rotatable bonds is 6. The van der Waals surface area contributed by atoms with Crippen LogP contribution < -0.4 is 0 Å². The second-order valence-electron chi connectivity index (χ2n) is 5.38. The zero-order valence-electron chi connectivity index (χ0n) is 12.3. The van der Waals surface area contributed by atoms with Gasteiger partial charge in [0.2, 0.25) is 0 Å². The van der Waals surface area contributed by atoms with Crippen LogP contribution in [0.2, 0.25) is 0 Å². The summed E-state index contributed by atoms with van der Waals surface area (Å²) in [6.07, 6.45) is 1.14. The molecule has 1 N–H and O–H groups in total. The van der Waals surface area contributed by atoms with Gasteiger partial charge in [0.25, 0.3) is 0 Å². The summed E-state index contributed by atoms with van der Waals surface area (Å²) in [5, 5.41) is 9.99. The van der Waals surface area contributed by atoms with Gasteiger partial charge >= 0.3 is 0 Å². The molecule has 102 valence electrons. The van der Waals surface area contributed by atoms with Crippen molar-refractivity contribution in [3.63, 3.8) is 0 Å². The molecule has 3 heteroatoms. The summed E-state index contributed by atoms with van der Waals surface area (Å²) in [5.74, 6) is 0.405. The van der Waals surface area contributed by atoms with E-state index in [9.17, 15) is 5.11 Å². The van der Waals surface area contributed by atoms with E-state index in [1.165, 1.54) is 0 Å². The molecule has 0 aliphatic carbocycles. The topological polar surface area (TPSA) is 26.7 Å². The molecule has 1 aromatic carbocycles. The number of hydrogen-bond donors (Lipinski definition) is 1. The van der Waals surface area contributed by atoms with Crippen LogP contribution in [0.4, 0.5) is 0 Å². The summed E-state index contributed by atoms with van der Waals surface area (Å²) in [5.41, 5.74) is 2.10. The predicted molar refractivity (Wildman–Crippen MR) is 77.1 cm³/mol. The maximum absolute atomic E-state index is 9.99. The smallest absolute Gasteiger partial charge is 0.120 e. The quantitative estimate of drug-likeness (QED) is 0.841. The Kier molecular flexibility index (Phi) is 5.63. The molecule has 0 aliphatic heterocycles. The first kappa shape index (κ1) is 15.0. The molecular weight excluding hydrogens is 224 g/mol. The molecule has 0 aliphatic rings. The first-order valence-corrected chi connectivity index (χ1v) is 6.56. The summed E-state index contributed by atoms with van der Waals surface area (Å²) < 4.78 is 0. The van der Waals surface area contributed by atoms with Crippen molar-refractivity contribution in [1.82, 2.24) is 9.80 Å². The number of phenolic OH excluding ortho intramolecular Hbond substituents is 1. The minimum atomic E-state index is 0.243. The molecule has 0 spiro atoms. The van der Waals surface area contributed by atoms with Crippen LogP contribution in [0.3, 0.4) is 0 Å². The van der Waals surface area contributed by atoms with E-state index in [0.717, 1.165) is 30.6 Å². The van der Waals surface area contributed by atoms with Crippen molar-refractivity contribution in [2.45, 2.75) is 26.3 Å². The normalized spacial score (nSPS) is 13.3. The largest absolute Gasteiger partial charge is 0.508 e. The number of aryl methyl sites for hydroxylation is 1. The zero-order valence-corrected chi connectivity index (χ0v) is 12.3. The molecule has 0 heterocycles. The second kappa shape index (κ2) is 6.76. The Balaban J connectivity index is 2.59. The van der Waals surface area contributed by atoms with Crippen LogP contribution in [-0.4, -0.2) is 49.1 Å². The van der Waals surface area contributed by atoms with Crippen LogP contribution in [0.25, 0.3) is 0 Å². The third-order valence-corrected chi connectivity index (χ3v) is 3.41. The van der Waals surface area contributed by atoms with Crippen molar-refractivity contribution in [2.24, 2.45) is 0 Å². The maximum Gasteiger partial charge on any atom is 0.120 e. The highest BCUT2D eigenvalue weighted by molar-refractivity contribution is 5.37. The molecule has 0 saturated heterocycles. The lowest BCUT2D eigenvalue weighted by molar-refractivity contribution is 0.240. The molecule has 0 amide bonds. The van der Waals surface area contributed by atoms with E-state index in [4.69, 9.17) is 0 Å². The van der Waals surface area contributed by atoms with Crippen LogP contribution in [0, 0.1) is 6.92 Å². The molecule has 1 unspecified atom stereocenters. The van der Waals surface area contributed by atoms with Gasteiger partial charge in [0, 0.05) is 11.6 Å². The molecule has 1 atom stereocenters. The summed E-state index contributed by atoms with van der Waals surface area (Å²) in [6, 6.07) is 6.16. The number of aromatic hydroxyl groups is 1. The van der Waals surface area contributed by atoms with E-state index in [1.54, 1.807) is 0 Å². The van der Waals surface area contributed by atoms with Crippen LogP contribution in [0.15, 0.2) is 18.2 Å². The van der Waals surface area contributed by atoms with E-state index in [2.05, 4.69) is 43.9 Å². The Labute approximate surface area is 111 Å². The highest BCUT2D eigenvalue weighted by atomic mass is 16.3. The van der Waals surface area contributed by atoms with Crippen molar-refractivity contribution < 1.29 is 5.11 Å². The van der Waals surface area contributed by atoms with Gasteiger partial charge in [-0.15, -0.1) is 0 Å². The summed E-state index contributed by atoms with van der Waals surface area (Å²) in [7, 11) is 6.30. The fourth-order valence-corrected chi connectivity index (χ4v) is 2.07. The summed E-state index contributed by atoms with van der Waals surface area (Å²) >= 11 is 0. The number of benzene rings is 1. The predicted octanol–water partition coefficient (Wildman–Crippen LogP) is 2.65. The second-order valence-corrected chi connectivity index (χ2v) is 5.38. The summed E-state index contributed by atoms with van der Waals surface area (Å²) in [6.45, 7) is 6.26. The molecule has 1 rings (SSSR count). The molecule has 0 radical (unpaired) electrons. The van der Waals surface area contributed by atoms with Crippen molar-refractivity contribution in [3.8, 4) is 5.75 Å². The van der Waals surface area contributed by atoms with Gasteiger partial charge in [0.1, 0.15) is 5.75 Å². The zero-order chi connectivity index (χ0) is 13.7. The maximum atomic E-state index is 9.99. The standard InChI is InChI=1S/C15H26N2O/c1-12-7-8-14(15(18)11-12)13(2)17(5)10-6-9-16(3)4/h7-8,11,13,18H,6,9-10H2,1-5H3. The molecule has 0 bridgehead atoms. The Morgan fingerprint density at radius 2 is 1.83 bits per heavy atom. The van der Waals surface area contributed by atoms with E-state index >= 15 is 0 Å². The van der Waals surface area contributed by atoms with Crippen molar-refractivity contribution in [2.75, 3.05) is 34.2 Å². The first-order valence-electron chi connectivity index (χ1n) is 6.56. The molecular formula is C15H26N2O. The first-order chi connectivity index (χ1) is 8.41. The van der Waals surface area contributed by atoms with Crippen LogP contribution in [0.1, 0.15) is 30.5 Å². The minimum Gasteiger partial charge on any atom is -0.508 e. The fourth-order valence-electron chi connectivity index (χ4n) is 2.07.